The summed E-state index contributed by atoms with van der Waals surface area (Å²) in [6.07, 6.45) is 0. The molecule has 0 aromatic heterocycles. The highest BCUT2D eigenvalue weighted by molar-refractivity contribution is 7.92. The molecular weight excluding hydrogens is 305 g/mol. The molecule has 2 aromatic carbocycles. The maximum Gasteiger partial charge on any atom is 0.267 e. The van der Waals surface area contributed by atoms with Crippen LogP contribution in [0.4, 0.5) is 24.5 Å². The molecule has 0 fully saturated rings. The highest BCUT2D eigenvalue weighted by atomic mass is 32.2. The molecule has 2 rings (SSSR count). The molecule has 0 aliphatic carbocycles. The molecule has 0 saturated heterocycles. The van der Waals surface area contributed by atoms with Gasteiger partial charge in [0.15, 0.2) is 4.90 Å². The van der Waals surface area contributed by atoms with Crippen molar-refractivity contribution in [3.63, 3.8) is 0 Å². The van der Waals surface area contributed by atoms with E-state index in [1.165, 1.54) is 12.1 Å². The Labute approximate surface area is 119 Å². The maximum atomic E-state index is 13.5. The van der Waals surface area contributed by atoms with Crippen LogP contribution in [-0.4, -0.2) is 8.42 Å². The third-order valence-electron chi connectivity index (χ3n) is 2.68. The Hall–Kier alpha value is -2.22. The van der Waals surface area contributed by atoms with Gasteiger partial charge in [0.1, 0.15) is 17.5 Å². The first-order chi connectivity index (χ1) is 9.70. The molecule has 4 nitrogen and oxygen atoms in total. The van der Waals surface area contributed by atoms with Gasteiger partial charge in [0.25, 0.3) is 10.0 Å². The Morgan fingerprint density at radius 1 is 1.05 bits per heavy atom. The number of sulfonamides is 1. The van der Waals surface area contributed by atoms with Gasteiger partial charge in [0.2, 0.25) is 0 Å². The summed E-state index contributed by atoms with van der Waals surface area (Å²) in [5.41, 5.74) is 6.49. The number of hydrogen-bond donors (Lipinski definition) is 2. The van der Waals surface area contributed by atoms with Crippen LogP contribution >= 0.6 is 0 Å². The lowest BCUT2D eigenvalue weighted by atomic mass is 10.2. The number of hydrogen-bond acceptors (Lipinski definition) is 3. The summed E-state index contributed by atoms with van der Waals surface area (Å²) < 4.78 is 65.9. The first kappa shape index (κ1) is 15.2. The molecule has 0 atom stereocenters. The monoisotopic (exact) mass is 316 g/mol. The zero-order valence-electron chi connectivity index (χ0n) is 10.8. The van der Waals surface area contributed by atoms with Crippen LogP contribution in [0.5, 0.6) is 0 Å². The van der Waals surface area contributed by atoms with E-state index in [2.05, 4.69) is 0 Å². The summed E-state index contributed by atoms with van der Waals surface area (Å²) in [6.45, 7) is 1.74. The van der Waals surface area contributed by atoms with E-state index in [1.807, 2.05) is 4.72 Å². The van der Waals surface area contributed by atoms with Crippen molar-refractivity contribution in [3.05, 3.63) is 53.3 Å². The summed E-state index contributed by atoms with van der Waals surface area (Å²) in [5, 5.41) is 0. The summed E-state index contributed by atoms with van der Waals surface area (Å²) >= 11 is 0. The van der Waals surface area contributed by atoms with Crippen LogP contribution in [0.25, 0.3) is 0 Å². The first-order valence-corrected chi connectivity index (χ1v) is 7.22. The van der Waals surface area contributed by atoms with Gasteiger partial charge in [-0.15, -0.1) is 0 Å². The van der Waals surface area contributed by atoms with Gasteiger partial charge in [0, 0.05) is 12.1 Å². The number of halogens is 3. The van der Waals surface area contributed by atoms with E-state index in [0.717, 1.165) is 5.56 Å². The SMILES string of the molecule is Cc1ccc(NS(=O)(=O)c2c(F)cc(F)cc2F)c(N)c1. The Kier molecular flexibility index (Phi) is 3.82. The largest absolute Gasteiger partial charge is 0.397 e. The second-order valence-electron chi connectivity index (χ2n) is 4.39. The van der Waals surface area contributed by atoms with Crippen LogP contribution in [0.2, 0.25) is 0 Å². The van der Waals surface area contributed by atoms with Gasteiger partial charge in [-0.25, -0.2) is 21.6 Å². The van der Waals surface area contributed by atoms with Crippen LogP contribution < -0.4 is 10.5 Å². The van der Waals surface area contributed by atoms with Crippen LogP contribution in [0.15, 0.2) is 35.2 Å². The van der Waals surface area contributed by atoms with E-state index < -0.39 is 32.4 Å². The van der Waals surface area contributed by atoms with Gasteiger partial charge >= 0.3 is 0 Å². The molecule has 0 amide bonds. The van der Waals surface area contributed by atoms with Gasteiger partial charge < -0.3 is 5.73 Å². The lowest BCUT2D eigenvalue weighted by molar-refractivity contribution is 0.498. The van der Waals surface area contributed by atoms with Gasteiger partial charge in [-0.3, -0.25) is 4.72 Å². The zero-order valence-corrected chi connectivity index (χ0v) is 11.6. The van der Waals surface area contributed by atoms with Gasteiger partial charge in [0.05, 0.1) is 11.4 Å². The normalized spacial score (nSPS) is 11.4. The average molecular weight is 316 g/mol. The van der Waals surface area contributed by atoms with Crippen LogP contribution in [0.1, 0.15) is 5.56 Å². The van der Waals surface area contributed by atoms with E-state index in [1.54, 1.807) is 13.0 Å². The Morgan fingerprint density at radius 2 is 1.62 bits per heavy atom. The molecular formula is C13H11F3N2O2S. The van der Waals surface area contributed by atoms with Crippen molar-refractivity contribution < 1.29 is 21.6 Å². The fraction of sp³-hybridized carbons (Fsp3) is 0.0769. The number of nitrogen functional groups attached to an aromatic ring is 1. The number of aryl methyl sites for hydroxylation is 1. The molecule has 0 saturated carbocycles. The Balaban J connectivity index is 2.48. The van der Waals surface area contributed by atoms with E-state index in [-0.39, 0.29) is 23.5 Å². The van der Waals surface area contributed by atoms with Crippen molar-refractivity contribution in [1.29, 1.82) is 0 Å². The minimum atomic E-state index is -4.57. The molecule has 0 aliphatic rings. The molecule has 0 bridgehead atoms. The zero-order chi connectivity index (χ0) is 15.8. The van der Waals surface area contributed by atoms with E-state index in [4.69, 9.17) is 5.73 Å². The third kappa shape index (κ3) is 3.10. The van der Waals surface area contributed by atoms with Crippen molar-refractivity contribution >= 4 is 21.4 Å². The lowest BCUT2D eigenvalue weighted by Crippen LogP contribution is -2.17. The summed E-state index contributed by atoms with van der Waals surface area (Å²) in [6, 6.07) is 5.01. The van der Waals surface area contributed by atoms with Crippen LogP contribution in [0, 0.1) is 24.4 Å². The third-order valence-corrected chi connectivity index (χ3v) is 4.10. The van der Waals surface area contributed by atoms with Crippen molar-refractivity contribution in [2.75, 3.05) is 10.5 Å². The second kappa shape index (κ2) is 5.28. The van der Waals surface area contributed by atoms with E-state index in [0.29, 0.717) is 0 Å². The molecule has 2 aromatic rings. The topological polar surface area (TPSA) is 72.2 Å². The Bertz CT molecular complexity index is 784. The van der Waals surface area contributed by atoms with Crippen molar-refractivity contribution in [2.45, 2.75) is 11.8 Å². The molecule has 0 radical (unpaired) electrons. The maximum absolute atomic E-state index is 13.5. The van der Waals surface area contributed by atoms with E-state index >= 15 is 0 Å². The fourth-order valence-electron chi connectivity index (χ4n) is 1.76. The van der Waals surface area contributed by atoms with Crippen molar-refractivity contribution in [1.82, 2.24) is 0 Å². The standard InChI is InChI=1S/C13H11F3N2O2S/c1-7-2-3-12(11(17)4-7)18-21(19,20)13-9(15)5-8(14)6-10(13)16/h2-6,18H,17H2,1H3. The predicted octanol–water partition coefficient (Wildman–Crippen LogP) is 2.80. The minimum absolute atomic E-state index is 0.0243. The number of nitrogens with two attached hydrogens (primary N) is 1. The van der Waals surface area contributed by atoms with Crippen LogP contribution in [-0.2, 0) is 10.0 Å². The Morgan fingerprint density at radius 3 is 2.14 bits per heavy atom. The van der Waals surface area contributed by atoms with Gasteiger partial charge in [-0.1, -0.05) is 6.07 Å². The summed E-state index contributed by atoms with van der Waals surface area (Å²) in [4.78, 5) is -1.26. The first-order valence-electron chi connectivity index (χ1n) is 5.74. The average Bonchev–Trinajstić information content (AvgIpc) is 2.30. The highest BCUT2D eigenvalue weighted by Crippen LogP contribution is 2.26. The number of anilines is 2. The summed E-state index contributed by atoms with van der Waals surface area (Å²) in [5.74, 6) is -4.25. The van der Waals surface area contributed by atoms with E-state index in [9.17, 15) is 21.6 Å². The lowest BCUT2D eigenvalue weighted by Gasteiger charge is -2.12. The van der Waals surface area contributed by atoms with Gasteiger partial charge in [-0.05, 0) is 24.6 Å². The molecule has 0 spiro atoms. The van der Waals surface area contributed by atoms with Gasteiger partial charge in [-0.2, -0.15) is 0 Å². The number of nitrogens with one attached hydrogen (secondary N) is 1. The molecule has 21 heavy (non-hydrogen) atoms. The highest BCUT2D eigenvalue weighted by Gasteiger charge is 2.25. The molecule has 0 heterocycles. The van der Waals surface area contributed by atoms with Crippen molar-refractivity contribution in [2.24, 2.45) is 0 Å². The molecule has 0 aliphatic heterocycles. The quantitative estimate of drug-likeness (QED) is 0.855. The molecule has 8 heteroatoms. The van der Waals surface area contributed by atoms with Crippen LogP contribution in [0.3, 0.4) is 0 Å². The molecule has 112 valence electrons. The number of rotatable bonds is 3. The second-order valence-corrected chi connectivity index (χ2v) is 6.01. The predicted molar refractivity (Wildman–Crippen MR) is 72.7 cm³/mol. The smallest absolute Gasteiger partial charge is 0.267 e. The number of benzene rings is 2. The summed E-state index contributed by atoms with van der Waals surface area (Å²) in [7, 11) is -4.57. The molecule has 0 unspecified atom stereocenters. The molecule has 3 N–H and O–H groups in total. The minimum Gasteiger partial charge on any atom is -0.397 e. The van der Waals surface area contributed by atoms with Crippen molar-refractivity contribution in [3.8, 4) is 0 Å². The fourth-order valence-corrected chi connectivity index (χ4v) is 2.97.